The number of rotatable bonds is 2. The van der Waals surface area contributed by atoms with Crippen molar-refractivity contribution in [2.75, 3.05) is 11.4 Å². The zero-order valence-electron chi connectivity index (χ0n) is 11.1. The Kier molecular flexibility index (Phi) is 3.43. The molecule has 0 aliphatic carbocycles. The summed E-state index contributed by atoms with van der Waals surface area (Å²) in [6, 6.07) is 8.69. The van der Waals surface area contributed by atoms with Crippen molar-refractivity contribution >= 4 is 23.0 Å². The molecule has 1 aliphatic heterocycles. The molecule has 0 spiro atoms. The van der Waals surface area contributed by atoms with Gasteiger partial charge in [0.25, 0.3) is 0 Å². The summed E-state index contributed by atoms with van der Waals surface area (Å²) >= 11 is 6.05. The number of hydrogen-bond donors (Lipinski definition) is 0. The second kappa shape index (κ2) is 5.22. The highest BCUT2D eigenvalue weighted by atomic mass is 35.5. The van der Waals surface area contributed by atoms with Crippen LogP contribution in [0, 0.1) is 6.92 Å². The average Bonchev–Trinajstić information content (AvgIpc) is 2.46. The summed E-state index contributed by atoms with van der Waals surface area (Å²) in [4.78, 5) is 6.61. The molecule has 2 heterocycles. The molecule has 2 nitrogen and oxygen atoms in total. The first-order valence-corrected chi connectivity index (χ1v) is 7.19. The van der Waals surface area contributed by atoms with Gasteiger partial charge in [0.2, 0.25) is 0 Å². The Hall–Kier alpha value is -1.54. The van der Waals surface area contributed by atoms with Gasteiger partial charge in [0.1, 0.15) is 0 Å². The summed E-state index contributed by atoms with van der Waals surface area (Å²) in [5.41, 5.74) is 6.34. The van der Waals surface area contributed by atoms with Crippen LogP contribution in [0.15, 0.2) is 36.7 Å². The Bertz CT molecular complexity index is 595. The van der Waals surface area contributed by atoms with Gasteiger partial charge in [0.15, 0.2) is 0 Å². The topological polar surface area (TPSA) is 16.1 Å². The molecule has 3 heteroatoms. The summed E-state index contributed by atoms with van der Waals surface area (Å²) in [6.45, 7) is 3.18. The van der Waals surface area contributed by atoms with Crippen LogP contribution in [0.25, 0.3) is 0 Å². The first kappa shape index (κ1) is 12.5. The molecule has 0 fully saturated rings. The molecule has 0 unspecified atom stereocenters. The van der Waals surface area contributed by atoms with Crippen LogP contribution in [-0.2, 0) is 12.3 Å². The highest BCUT2D eigenvalue weighted by Crippen LogP contribution is 2.35. The molecule has 98 valence electrons. The van der Waals surface area contributed by atoms with E-state index in [4.69, 9.17) is 11.6 Å². The molecule has 1 aromatic carbocycles. The molecular formula is C16H17ClN2. The summed E-state index contributed by atoms with van der Waals surface area (Å²) in [5, 5.41) is 0. The smallest absolute Gasteiger partial charge is 0.0642 e. The first-order valence-electron chi connectivity index (χ1n) is 6.65. The van der Waals surface area contributed by atoms with Gasteiger partial charge >= 0.3 is 0 Å². The van der Waals surface area contributed by atoms with Gasteiger partial charge in [-0.15, -0.1) is 11.6 Å². The summed E-state index contributed by atoms with van der Waals surface area (Å²) < 4.78 is 0. The van der Waals surface area contributed by atoms with E-state index in [1.54, 1.807) is 6.20 Å². The fourth-order valence-electron chi connectivity index (χ4n) is 2.75. The van der Waals surface area contributed by atoms with Crippen molar-refractivity contribution in [2.45, 2.75) is 25.6 Å². The van der Waals surface area contributed by atoms with Crippen LogP contribution < -0.4 is 4.90 Å². The Labute approximate surface area is 119 Å². The third kappa shape index (κ3) is 2.33. The number of benzene rings is 1. The minimum absolute atomic E-state index is 0.523. The standard InChI is InChI=1S/C16H17ClN2/c1-12-4-5-15-13(9-12)3-2-8-19(15)16-11-18-7-6-14(16)10-17/h4-7,9,11H,2-3,8,10H2,1H3. The Morgan fingerprint density at radius 1 is 1.26 bits per heavy atom. The van der Waals surface area contributed by atoms with E-state index >= 15 is 0 Å². The van der Waals surface area contributed by atoms with Crippen molar-refractivity contribution < 1.29 is 0 Å². The third-order valence-electron chi connectivity index (χ3n) is 3.68. The highest BCUT2D eigenvalue weighted by Gasteiger charge is 2.20. The SMILES string of the molecule is Cc1ccc2c(c1)CCCN2c1cnccc1CCl. The summed E-state index contributed by atoms with van der Waals surface area (Å²) in [6.07, 6.45) is 6.06. The van der Waals surface area contributed by atoms with Gasteiger partial charge in [0, 0.05) is 24.3 Å². The van der Waals surface area contributed by atoms with Gasteiger partial charge in [-0.3, -0.25) is 4.98 Å². The maximum absolute atomic E-state index is 6.05. The maximum atomic E-state index is 6.05. The molecule has 0 atom stereocenters. The van der Waals surface area contributed by atoms with Crippen LogP contribution >= 0.6 is 11.6 Å². The quantitative estimate of drug-likeness (QED) is 0.761. The fourth-order valence-corrected chi connectivity index (χ4v) is 2.97. The van der Waals surface area contributed by atoms with Crippen molar-refractivity contribution in [1.29, 1.82) is 0 Å². The van der Waals surface area contributed by atoms with Crippen LogP contribution in [-0.4, -0.2) is 11.5 Å². The molecule has 0 amide bonds. The number of fused-ring (bicyclic) bond motifs is 1. The number of anilines is 2. The number of pyridine rings is 1. The number of halogens is 1. The van der Waals surface area contributed by atoms with Gasteiger partial charge in [-0.2, -0.15) is 0 Å². The Balaban J connectivity index is 2.08. The van der Waals surface area contributed by atoms with Crippen molar-refractivity contribution in [3.8, 4) is 0 Å². The monoisotopic (exact) mass is 272 g/mol. The van der Waals surface area contributed by atoms with Gasteiger partial charge < -0.3 is 4.90 Å². The molecular weight excluding hydrogens is 256 g/mol. The maximum Gasteiger partial charge on any atom is 0.0642 e. The minimum atomic E-state index is 0.523. The largest absolute Gasteiger partial charge is 0.340 e. The van der Waals surface area contributed by atoms with Crippen LogP contribution in [0.2, 0.25) is 0 Å². The molecule has 0 radical (unpaired) electrons. The molecule has 0 saturated heterocycles. The molecule has 0 bridgehead atoms. The zero-order chi connectivity index (χ0) is 13.2. The van der Waals surface area contributed by atoms with E-state index in [-0.39, 0.29) is 0 Å². The molecule has 0 N–H and O–H groups in total. The molecule has 1 aromatic heterocycles. The second-order valence-electron chi connectivity index (χ2n) is 5.03. The molecule has 1 aliphatic rings. The predicted molar refractivity (Wildman–Crippen MR) is 80.3 cm³/mol. The number of aryl methyl sites for hydroxylation is 2. The number of alkyl halides is 1. The minimum Gasteiger partial charge on any atom is -0.340 e. The van der Waals surface area contributed by atoms with Gasteiger partial charge in [-0.1, -0.05) is 17.7 Å². The van der Waals surface area contributed by atoms with Crippen molar-refractivity contribution in [3.63, 3.8) is 0 Å². The Morgan fingerprint density at radius 2 is 2.16 bits per heavy atom. The lowest BCUT2D eigenvalue weighted by molar-refractivity contribution is 0.763. The van der Waals surface area contributed by atoms with Crippen LogP contribution in [0.1, 0.15) is 23.1 Å². The lowest BCUT2D eigenvalue weighted by Crippen LogP contribution is -2.25. The summed E-state index contributed by atoms with van der Waals surface area (Å²) in [5.74, 6) is 0.523. The highest BCUT2D eigenvalue weighted by molar-refractivity contribution is 6.17. The van der Waals surface area contributed by atoms with Gasteiger partial charge in [0.05, 0.1) is 11.9 Å². The van der Waals surface area contributed by atoms with E-state index in [0.29, 0.717) is 5.88 Å². The van der Waals surface area contributed by atoms with Gasteiger partial charge in [-0.25, -0.2) is 0 Å². The average molecular weight is 273 g/mol. The summed E-state index contributed by atoms with van der Waals surface area (Å²) in [7, 11) is 0. The molecule has 3 rings (SSSR count). The van der Waals surface area contributed by atoms with E-state index in [1.165, 1.54) is 23.2 Å². The number of aromatic nitrogens is 1. The second-order valence-corrected chi connectivity index (χ2v) is 5.29. The van der Waals surface area contributed by atoms with Crippen molar-refractivity contribution in [2.24, 2.45) is 0 Å². The lowest BCUT2D eigenvalue weighted by atomic mass is 9.98. The zero-order valence-corrected chi connectivity index (χ0v) is 11.8. The van der Waals surface area contributed by atoms with Crippen LogP contribution in [0.3, 0.4) is 0 Å². The number of nitrogens with zero attached hydrogens (tertiary/aromatic N) is 2. The number of hydrogen-bond acceptors (Lipinski definition) is 2. The van der Waals surface area contributed by atoms with Crippen molar-refractivity contribution in [3.05, 3.63) is 53.3 Å². The van der Waals surface area contributed by atoms with E-state index in [1.807, 2.05) is 12.3 Å². The fraction of sp³-hybridized carbons (Fsp3) is 0.312. The first-order chi connectivity index (χ1) is 9.29. The molecule has 19 heavy (non-hydrogen) atoms. The van der Waals surface area contributed by atoms with Crippen molar-refractivity contribution in [1.82, 2.24) is 4.98 Å². The van der Waals surface area contributed by atoms with Crippen LogP contribution in [0.4, 0.5) is 11.4 Å². The normalized spacial score (nSPS) is 14.3. The van der Waals surface area contributed by atoms with E-state index in [2.05, 4.69) is 35.0 Å². The van der Waals surface area contributed by atoms with E-state index in [9.17, 15) is 0 Å². The predicted octanol–water partition coefficient (Wildman–Crippen LogP) is 4.21. The van der Waals surface area contributed by atoms with Crippen LogP contribution in [0.5, 0.6) is 0 Å². The Morgan fingerprint density at radius 3 is 3.00 bits per heavy atom. The van der Waals surface area contributed by atoms with Gasteiger partial charge in [-0.05, 0) is 43.0 Å². The van der Waals surface area contributed by atoms with E-state index in [0.717, 1.165) is 24.2 Å². The third-order valence-corrected chi connectivity index (χ3v) is 3.96. The lowest BCUT2D eigenvalue weighted by Gasteiger charge is -2.32. The van der Waals surface area contributed by atoms with E-state index < -0.39 is 0 Å². The molecule has 0 saturated carbocycles. The molecule has 2 aromatic rings.